The van der Waals surface area contributed by atoms with Crippen molar-refractivity contribution in [3.05, 3.63) is 0 Å². The Morgan fingerprint density at radius 2 is 1.93 bits per heavy atom. The highest BCUT2D eigenvalue weighted by Crippen LogP contribution is 2.14. The van der Waals surface area contributed by atoms with Gasteiger partial charge < -0.3 is 4.74 Å². The molecule has 0 aromatic heterocycles. The summed E-state index contributed by atoms with van der Waals surface area (Å²) in [6.07, 6.45) is 3.09. The van der Waals surface area contributed by atoms with Gasteiger partial charge in [-0.3, -0.25) is 0 Å². The minimum Gasteiger partial charge on any atom is -0.375 e. The van der Waals surface area contributed by atoms with Crippen molar-refractivity contribution in [3.63, 3.8) is 0 Å². The minimum absolute atomic E-state index is 0.360. The lowest BCUT2D eigenvalue weighted by Crippen LogP contribution is -2.37. The molecule has 82 valence electrons. The number of hydrogen-bond donors (Lipinski definition) is 0. The summed E-state index contributed by atoms with van der Waals surface area (Å²) in [5.74, 6) is 0. The van der Waals surface area contributed by atoms with Crippen molar-refractivity contribution < 1.29 is 9.31 Å². The minimum atomic E-state index is 0.360. The molecule has 0 saturated carbocycles. The molecule has 0 N–H and O–H groups in total. The van der Waals surface area contributed by atoms with Gasteiger partial charge in [-0.05, 0) is 27.7 Å². The Bertz CT molecular complexity index is 218. The van der Waals surface area contributed by atoms with Gasteiger partial charge in [-0.1, -0.05) is 0 Å². The summed E-state index contributed by atoms with van der Waals surface area (Å²) in [4.78, 5) is 0. The summed E-state index contributed by atoms with van der Waals surface area (Å²) in [6.45, 7) is 12.1. The van der Waals surface area contributed by atoms with Gasteiger partial charge in [0.05, 0.1) is 18.6 Å². The van der Waals surface area contributed by atoms with Crippen LogP contribution in [-0.2, 0) is 4.74 Å². The zero-order valence-corrected chi connectivity index (χ0v) is 10.2. The van der Waals surface area contributed by atoms with Gasteiger partial charge in [-0.25, -0.2) is 4.58 Å². The Kier molecular flexibility index (Phi) is 4.11. The predicted molar refractivity (Wildman–Crippen MR) is 60.2 cm³/mol. The van der Waals surface area contributed by atoms with Crippen LogP contribution in [0.5, 0.6) is 0 Å². The van der Waals surface area contributed by atoms with E-state index in [9.17, 15) is 0 Å². The van der Waals surface area contributed by atoms with E-state index in [0.29, 0.717) is 18.2 Å². The molecule has 14 heavy (non-hydrogen) atoms. The monoisotopic (exact) mass is 198 g/mol. The molecule has 1 rings (SSSR count). The molecular weight excluding hydrogens is 174 g/mol. The molecule has 1 atom stereocenters. The maximum absolute atomic E-state index is 5.84. The Balaban J connectivity index is 2.55. The Hall–Kier alpha value is -0.370. The van der Waals surface area contributed by atoms with Crippen LogP contribution in [0.1, 0.15) is 47.5 Å². The average molecular weight is 198 g/mol. The Labute approximate surface area is 88.0 Å². The van der Waals surface area contributed by atoms with Crippen LogP contribution in [0.4, 0.5) is 0 Å². The third kappa shape index (κ3) is 3.09. The van der Waals surface area contributed by atoms with Crippen molar-refractivity contribution in [1.82, 2.24) is 0 Å². The normalized spacial score (nSPS) is 23.8. The van der Waals surface area contributed by atoms with Gasteiger partial charge in [0.15, 0.2) is 5.71 Å². The topological polar surface area (TPSA) is 12.2 Å². The van der Waals surface area contributed by atoms with Crippen LogP contribution in [0, 0.1) is 0 Å². The molecule has 0 spiro atoms. The predicted octanol–water partition coefficient (Wildman–Crippen LogP) is 2.46. The lowest BCUT2D eigenvalue weighted by molar-refractivity contribution is -0.566. The van der Waals surface area contributed by atoms with E-state index < -0.39 is 0 Å². The fraction of sp³-hybridized carbons (Fsp3) is 0.917. The second-order valence-corrected chi connectivity index (χ2v) is 4.82. The first-order valence-electron chi connectivity index (χ1n) is 5.75. The summed E-state index contributed by atoms with van der Waals surface area (Å²) in [7, 11) is 0. The molecule has 0 amide bonds. The number of hydrogen-bond acceptors (Lipinski definition) is 1. The summed E-state index contributed by atoms with van der Waals surface area (Å²) in [6, 6.07) is 0.634. The molecule has 0 saturated heterocycles. The second kappa shape index (κ2) is 4.92. The van der Waals surface area contributed by atoms with E-state index in [2.05, 4.69) is 39.2 Å². The summed E-state index contributed by atoms with van der Waals surface area (Å²) < 4.78 is 8.33. The zero-order valence-electron chi connectivity index (χ0n) is 10.2. The number of rotatable bonds is 3. The summed E-state index contributed by atoms with van der Waals surface area (Å²) in [5.41, 5.74) is 1.48. The van der Waals surface area contributed by atoms with Gasteiger partial charge in [0.2, 0.25) is 0 Å². The fourth-order valence-corrected chi connectivity index (χ4v) is 2.22. The largest absolute Gasteiger partial charge is 0.375 e. The molecule has 0 fully saturated rings. The molecule has 0 aromatic carbocycles. The van der Waals surface area contributed by atoms with Crippen molar-refractivity contribution in [2.24, 2.45) is 0 Å². The molecule has 1 aliphatic heterocycles. The van der Waals surface area contributed by atoms with Crippen LogP contribution in [0.2, 0.25) is 0 Å². The fourth-order valence-electron chi connectivity index (χ4n) is 2.22. The van der Waals surface area contributed by atoms with Gasteiger partial charge in [-0.15, -0.1) is 0 Å². The van der Waals surface area contributed by atoms with E-state index in [0.717, 1.165) is 13.0 Å². The van der Waals surface area contributed by atoms with E-state index >= 15 is 0 Å². The lowest BCUT2D eigenvalue weighted by atomic mass is 10.0. The molecule has 0 aliphatic carbocycles. The van der Waals surface area contributed by atoms with Gasteiger partial charge >= 0.3 is 0 Å². The van der Waals surface area contributed by atoms with Crippen LogP contribution >= 0.6 is 0 Å². The second-order valence-electron chi connectivity index (χ2n) is 4.82. The number of nitrogens with zero attached hydrogens (tertiary/aromatic N) is 1. The third-order valence-electron chi connectivity index (χ3n) is 2.79. The number of ether oxygens (including phenoxy) is 1. The van der Waals surface area contributed by atoms with E-state index in [4.69, 9.17) is 4.74 Å². The summed E-state index contributed by atoms with van der Waals surface area (Å²) in [5, 5.41) is 0. The van der Waals surface area contributed by atoms with E-state index in [-0.39, 0.29) is 0 Å². The highest BCUT2D eigenvalue weighted by molar-refractivity contribution is 5.77. The smallest absolute Gasteiger partial charge is 0.152 e. The van der Waals surface area contributed by atoms with Gasteiger partial charge in [-0.2, -0.15) is 0 Å². The maximum Gasteiger partial charge on any atom is 0.152 e. The van der Waals surface area contributed by atoms with Crippen molar-refractivity contribution in [2.45, 2.75) is 65.7 Å². The molecule has 1 heterocycles. The first kappa shape index (κ1) is 11.7. The zero-order chi connectivity index (χ0) is 10.7. The molecule has 2 heteroatoms. The standard InChI is InChI=1S/C12H24NO/c1-9(2)13-7-6-12(8-11(13)5)14-10(3)4/h9-10,12H,6-8H2,1-5H3/q+1. The van der Waals surface area contributed by atoms with Gasteiger partial charge in [0, 0.05) is 13.3 Å². The van der Waals surface area contributed by atoms with Crippen LogP contribution in [0.15, 0.2) is 0 Å². The molecule has 0 radical (unpaired) electrons. The van der Waals surface area contributed by atoms with Crippen molar-refractivity contribution in [1.29, 1.82) is 0 Å². The highest BCUT2D eigenvalue weighted by atomic mass is 16.5. The van der Waals surface area contributed by atoms with Crippen molar-refractivity contribution in [2.75, 3.05) is 6.54 Å². The van der Waals surface area contributed by atoms with E-state index in [1.54, 1.807) is 0 Å². The first-order chi connectivity index (χ1) is 6.50. The summed E-state index contributed by atoms with van der Waals surface area (Å²) >= 11 is 0. The van der Waals surface area contributed by atoms with Crippen LogP contribution in [-0.4, -0.2) is 35.1 Å². The quantitative estimate of drug-likeness (QED) is 0.634. The molecular formula is C12H24NO+. The SMILES string of the molecule is CC1=[N+](C(C)C)CCC(OC(C)C)C1. The third-order valence-corrected chi connectivity index (χ3v) is 2.79. The van der Waals surface area contributed by atoms with E-state index in [1.165, 1.54) is 12.1 Å². The molecule has 0 bridgehead atoms. The average Bonchev–Trinajstić information content (AvgIpc) is 2.01. The van der Waals surface area contributed by atoms with Crippen molar-refractivity contribution >= 4 is 5.71 Å². The van der Waals surface area contributed by atoms with Crippen LogP contribution in [0.25, 0.3) is 0 Å². The Morgan fingerprint density at radius 1 is 1.29 bits per heavy atom. The molecule has 2 nitrogen and oxygen atoms in total. The lowest BCUT2D eigenvalue weighted by Gasteiger charge is -2.25. The maximum atomic E-state index is 5.84. The molecule has 0 aromatic rings. The highest BCUT2D eigenvalue weighted by Gasteiger charge is 2.26. The van der Waals surface area contributed by atoms with Gasteiger partial charge in [0.25, 0.3) is 0 Å². The molecule has 1 unspecified atom stereocenters. The van der Waals surface area contributed by atoms with Crippen molar-refractivity contribution in [3.8, 4) is 0 Å². The van der Waals surface area contributed by atoms with E-state index in [1.807, 2.05) is 0 Å². The van der Waals surface area contributed by atoms with Crippen LogP contribution < -0.4 is 0 Å². The first-order valence-corrected chi connectivity index (χ1v) is 5.75. The Morgan fingerprint density at radius 3 is 2.36 bits per heavy atom. The molecule has 1 aliphatic rings. The van der Waals surface area contributed by atoms with Gasteiger partial charge in [0.1, 0.15) is 12.6 Å². The van der Waals surface area contributed by atoms with Crippen LogP contribution in [0.3, 0.4) is 0 Å².